The van der Waals surface area contributed by atoms with Crippen LogP contribution in [0, 0.1) is 0 Å². The quantitative estimate of drug-likeness (QED) is 0.125. The first-order valence-electron chi connectivity index (χ1n) is 11.6. The van der Waals surface area contributed by atoms with Crippen molar-refractivity contribution in [1.82, 2.24) is 0 Å². The number of hydrogen-bond acceptors (Lipinski definition) is 4. The highest BCUT2D eigenvalue weighted by atomic mass is 35.7. The van der Waals surface area contributed by atoms with E-state index in [4.69, 9.17) is 10.7 Å². The van der Waals surface area contributed by atoms with Crippen LogP contribution < -0.4 is 0 Å². The molecular weight excluding hydrogens is 472 g/mol. The van der Waals surface area contributed by atoms with Crippen molar-refractivity contribution in [3.63, 3.8) is 0 Å². The van der Waals surface area contributed by atoms with E-state index in [1.54, 1.807) is 0 Å². The predicted octanol–water partition coefficient (Wildman–Crippen LogP) is 7.06. The molecule has 0 spiro atoms. The summed E-state index contributed by atoms with van der Waals surface area (Å²) in [5.41, 5.74) is -0.157. The largest absolute Gasteiger partial charge is 0.478 e. The highest BCUT2D eigenvalue weighted by Crippen LogP contribution is 2.31. The molecule has 6 nitrogen and oxygen atoms in total. The molecule has 0 aliphatic heterocycles. The lowest BCUT2D eigenvalue weighted by atomic mass is 9.99. The lowest BCUT2D eigenvalue weighted by molar-refractivity contribution is 0.0695. The van der Waals surface area contributed by atoms with Gasteiger partial charge < -0.3 is 9.66 Å². The number of carboxylic acids is 1. The molecule has 0 radical (unpaired) electrons. The van der Waals surface area contributed by atoms with Gasteiger partial charge in [-0.15, -0.1) is 0 Å². The van der Waals surface area contributed by atoms with E-state index in [9.17, 15) is 27.1 Å². The fourth-order valence-electron chi connectivity index (χ4n) is 3.87. The van der Waals surface area contributed by atoms with Gasteiger partial charge in [0, 0.05) is 10.7 Å². The van der Waals surface area contributed by atoms with Crippen LogP contribution in [0.15, 0.2) is 23.1 Å². The Kier molecular flexibility index (Phi) is 14.4. The number of carbonyl (C=O) groups is 1. The summed E-state index contributed by atoms with van der Waals surface area (Å²) < 4.78 is 44.6. The summed E-state index contributed by atoms with van der Waals surface area (Å²) >= 11 is -2.27. The Balaban J connectivity index is 2.43. The molecule has 0 fully saturated rings. The lowest BCUT2D eigenvalue weighted by Gasteiger charge is -2.16. The van der Waals surface area contributed by atoms with Crippen LogP contribution in [-0.4, -0.2) is 28.3 Å². The Bertz CT molecular complexity index is 826. The Morgan fingerprint density at radius 1 is 0.938 bits per heavy atom. The number of halogens is 1. The number of aromatic carboxylic acids is 1. The summed E-state index contributed by atoms with van der Waals surface area (Å²) in [6.07, 6.45) is 15.8. The van der Waals surface area contributed by atoms with Crippen molar-refractivity contribution in [2.24, 2.45) is 0 Å². The fraction of sp³-hybridized carbons (Fsp3) is 0.696. The maximum Gasteiger partial charge on any atom is 0.336 e. The van der Waals surface area contributed by atoms with Gasteiger partial charge in [-0.3, -0.25) is 0 Å². The van der Waals surface area contributed by atoms with Crippen molar-refractivity contribution in [2.45, 2.75) is 107 Å². The zero-order valence-electron chi connectivity index (χ0n) is 18.9. The first-order valence-corrected chi connectivity index (χ1v) is 15.1. The summed E-state index contributed by atoms with van der Waals surface area (Å²) in [6.45, 7) is 2.23. The maximum atomic E-state index is 11.9. The number of unbranched alkanes of at least 4 members (excludes halogenated alkanes) is 12. The first kappa shape index (κ1) is 29.1. The van der Waals surface area contributed by atoms with Crippen LogP contribution in [0.5, 0.6) is 0 Å². The average molecular weight is 509 g/mol. The molecule has 0 saturated heterocycles. The molecule has 2 atom stereocenters. The minimum Gasteiger partial charge on any atom is -0.478 e. The van der Waals surface area contributed by atoms with Gasteiger partial charge in [0.2, 0.25) is 0 Å². The number of rotatable bonds is 18. The van der Waals surface area contributed by atoms with Crippen molar-refractivity contribution in [3.8, 4) is 0 Å². The van der Waals surface area contributed by atoms with Gasteiger partial charge in [0.1, 0.15) is 0 Å². The van der Waals surface area contributed by atoms with Gasteiger partial charge in [-0.25, -0.2) is 17.4 Å². The zero-order chi connectivity index (χ0) is 24.0. The van der Waals surface area contributed by atoms with Crippen molar-refractivity contribution in [1.29, 1.82) is 0 Å². The van der Waals surface area contributed by atoms with Crippen LogP contribution in [0.3, 0.4) is 0 Å². The van der Waals surface area contributed by atoms with Crippen molar-refractivity contribution in [3.05, 3.63) is 29.3 Å². The molecule has 1 rings (SSSR count). The molecule has 1 aromatic rings. The first-order chi connectivity index (χ1) is 15.2. The summed E-state index contributed by atoms with van der Waals surface area (Å²) in [6, 6.07) is 3.40. The number of carboxylic acid groups (broad SMARTS) is 1. The van der Waals surface area contributed by atoms with E-state index in [1.165, 1.54) is 69.9 Å². The van der Waals surface area contributed by atoms with E-state index in [0.717, 1.165) is 25.3 Å². The van der Waals surface area contributed by atoms with Crippen molar-refractivity contribution >= 4 is 36.8 Å². The summed E-state index contributed by atoms with van der Waals surface area (Å²) in [5.74, 6) is -1.36. The van der Waals surface area contributed by atoms with Gasteiger partial charge in [-0.1, -0.05) is 96.5 Å². The van der Waals surface area contributed by atoms with E-state index in [1.807, 2.05) is 0 Å². The average Bonchev–Trinajstić information content (AvgIpc) is 2.72. The summed E-state index contributed by atoms with van der Waals surface area (Å²) in [7, 11) is 1.20. The highest BCUT2D eigenvalue weighted by molar-refractivity contribution is 8.13. The second-order valence-corrected chi connectivity index (χ2v) is 12.0. The minimum absolute atomic E-state index is 0.154. The summed E-state index contributed by atoms with van der Waals surface area (Å²) in [5, 5.41) is 8.56. The van der Waals surface area contributed by atoms with Crippen molar-refractivity contribution in [2.75, 3.05) is 0 Å². The number of benzene rings is 1. The molecule has 0 aromatic heterocycles. The number of hydrogen-bond donors (Lipinski definition) is 2. The van der Waals surface area contributed by atoms with E-state index >= 15 is 0 Å². The van der Waals surface area contributed by atoms with E-state index < -0.39 is 31.4 Å². The van der Waals surface area contributed by atoms with Crippen LogP contribution in [0.1, 0.15) is 118 Å². The molecule has 2 N–H and O–H groups in total. The van der Waals surface area contributed by atoms with E-state index in [0.29, 0.717) is 12.8 Å². The van der Waals surface area contributed by atoms with Crippen LogP contribution in [0.4, 0.5) is 0 Å². The monoisotopic (exact) mass is 508 g/mol. The highest BCUT2D eigenvalue weighted by Gasteiger charge is 2.25. The van der Waals surface area contributed by atoms with Gasteiger partial charge in [-0.2, -0.15) is 0 Å². The Morgan fingerprint density at radius 2 is 1.41 bits per heavy atom. The second-order valence-electron chi connectivity index (χ2n) is 8.29. The van der Waals surface area contributed by atoms with Crippen LogP contribution >= 0.6 is 10.7 Å². The van der Waals surface area contributed by atoms with Crippen molar-refractivity contribution < 1.29 is 27.1 Å². The smallest absolute Gasteiger partial charge is 0.336 e. The third kappa shape index (κ3) is 11.3. The van der Waals surface area contributed by atoms with Crippen LogP contribution in [0.25, 0.3) is 0 Å². The zero-order valence-corrected chi connectivity index (χ0v) is 21.3. The van der Waals surface area contributed by atoms with Gasteiger partial charge in [0.05, 0.1) is 15.7 Å². The molecule has 0 aliphatic carbocycles. The second kappa shape index (κ2) is 15.8. The molecule has 0 bridgehead atoms. The molecular formula is C23H37ClO6S2. The van der Waals surface area contributed by atoms with E-state index in [-0.39, 0.29) is 16.0 Å². The molecule has 0 aliphatic rings. The predicted molar refractivity (Wildman–Crippen MR) is 130 cm³/mol. The molecule has 184 valence electrons. The molecule has 0 amide bonds. The molecule has 9 heteroatoms. The Hall–Kier alpha value is -0.960. The van der Waals surface area contributed by atoms with Crippen LogP contribution in [0.2, 0.25) is 0 Å². The molecule has 2 unspecified atom stereocenters. The Labute approximate surface area is 199 Å². The lowest BCUT2D eigenvalue weighted by Crippen LogP contribution is -2.13. The molecule has 1 aromatic carbocycles. The topological polar surface area (TPSA) is 109 Å². The Morgan fingerprint density at radius 3 is 1.81 bits per heavy atom. The van der Waals surface area contributed by atoms with Gasteiger partial charge >= 0.3 is 5.97 Å². The van der Waals surface area contributed by atoms with E-state index in [2.05, 4.69) is 6.92 Å². The molecule has 0 saturated carbocycles. The van der Waals surface area contributed by atoms with Gasteiger partial charge in [-0.05, 0) is 24.1 Å². The third-order valence-electron chi connectivity index (χ3n) is 5.70. The molecule has 32 heavy (non-hydrogen) atoms. The SMILES string of the molecule is CCCCCCCCCCCCCCCC(c1ccc(S(=O)(=O)Cl)cc1C(=O)O)S(=O)O. The van der Waals surface area contributed by atoms with Gasteiger partial charge in [0.25, 0.3) is 9.05 Å². The van der Waals surface area contributed by atoms with Gasteiger partial charge in [0.15, 0.2) is 11.1 Å². The summed E-state index contributed by atoms with van der Waals surface area (Å²) in [4.78, 5) is 11.3. The standard InChI is InChI=1S/C23H37ClO6S2/c1-2-3-4-5-6-7-8-9-10-11-12-13-14-15-22(31(27)28)20-17-16-19(32(24,29)30)18-21(20)23(25)26/h16-18,22H,2-15H2,1H3,(H,25,26)(H,27,28). The third-order valence-corrected chi connectivity index (χ3v) is 8.02. The normalized spacial score (nSPS) is 13.7. The molecule has 0 heterocycles. The fourth-order valence-corrected chi connectivity index (χ4v) is 5.43. The minimum atomic E-state index is -4.09. The maximum absolute atomic E-state index is 11.9. The van der Waals surface area contributed by atoms with Crippen LogP contribution in [-0.2, 0) is 20.1 Å².